The minimum atomic E-state index is -0.402. The number of amidine groups is 2. The van der Waals surface area contributed by atoms with Gasteiger partial charge in [0.05, 0.1) is 11.1 Å². The average Bonchev–Trinajstić information content (AvgIpc) is 3.23. The Labute approximate surface area is 168 Å². The summed E-state index contributed by atoms with van der Waals surface area (Å²) in [6.45, 7) is 8.42. The van der Waals surface area contributed by atoms with Gasteiger partial charge >= 0.3 is 0 Å². The molecule has 0 saturated carbocycles. The Balaban J connectivity index is 1.74. The van der Waals surface area contributed by atoms with E-state index in [0.717, 1.165) is 22.6 Å². The molecule has 7 heteroatoms. The number of amides is 1. The van der Waals surface area contributed by atoms with E-state index in [0.29, 0.717) is 11.1 Å². The number of hydrazone groups is 1. The van der Waals surface area contributed by atoms with E-state index in [4.69, 9.17) is 5.41 Å². The van der Waals surface area contributed by atoms with E-state index in [1.165, 1.54) is 22.3 Å². The number of carbonyl (C=O) groups excluding carboxylic acids is 1. The normalized spacial score (nSPS) is 17.7. The molecule has 0 spiro atoms. The molecule has 1 aromatic carbocycles. The summed E-state index contributed by atoms with van der Waals surface area (Å²) in [5, 5.41) is 14.3. The number of nitrogens with zero attached hydrogens (tertiary/aromatic N) is 4. The molecule has 0 radical (unpaired) electrons. The first kappa shape index (κ1) is 18.4. The number of fused-ring (bicyclic) bond motifs is 1. The fraction of sp³-hybridized carbons (Fsp3) is 0.238. The van der Waals surface area contributed by atoms with E-state index < -0.39 is 5.91 Å². The summed E-state index contributed by atoms with van der Waals surface area (Å²) in [7, 11) is 0. The molecule has 142 valence electrons. The molecule has 28 heavy (non-hydrogen) atoms. The van der Waals surface area contributed by atoms with E-state index in [-0.39, 0.29) is 11.4 Å². The topological polar surface area (TPSA) is 73.8 Å². The van der Waals surface area contributed by atoms with E-state index in [1.807, 2.05) is 19.9 Å². The van der Waals surface area contributed by atoms with E-state index in [9.17, 15) is 4.79 Å². The highest BCUT2D eigenvalue weighted by atomic mass is 32.2. The summed E-state index contributed by atoms with van der Waals surface area (Å²) in [4.78, 5) is 16.5. The second kappa shape index (κ2) is 6.91. The second-order valence-electron chi connectivity index (χ2n) is 7.16. The number of aromatic nitrogens is 1. The van der Waals surface area contributed by atoms with E-state index in [2.05, 4.69) is 52.8 Å². The highest BCUT2D eigenvalue weighted by Gasteiger charge is 2.32. The quantitative estimate of drug-likeness (QED) is 0.785. The van der Waals surface area contributed by atoms with Crippen molar-refractivity contribution in [1.29, 1.82) is 5.41 Å². The highest BCUT2D eigenvalue weighted by Crippen LogP contribution is 2.28. The number of benzene rings is 1. The van der Waals surface area contributed by atoms with Crippen molar-refractivity contribution >= 4 is 40.3 Å². The van der Waals surface area contributed by atoms with Gasteiger partial charge in [-0.2, -0.15) is 15.1 Å². The number of hydrogen-bond acceptors (Lipinski definition) is 4. The smallest absolute Gasteiger partial charge is 0.283 e. The number of aryl methyl sites for hydroxylation is 1. The molecule has 2 aliphatic heterocycles. The Morgan fingerprint density at radius 3 is 2.57 bits per heavy atom. The summed E-state index contributed by atoms with van der Waals surface area (Å²) in [6.07, 6.45) is 1.74. The maximum atomic E-state index is 12.4. The van der Waals surface area contributed by atoms with Crippen molar-refractivity contribution in [3.05, 3.63) is 58.4 Å². The number of rotatable bonds is 3. The molecule has 2 aromatic rings. The van der Waals surface area contributed by atoms with Crippen LogP contribution in [0.1, 0.15) is 42.3 Å². The van der Waals surface area contributed by atoms with Crippen molar-refractivity contribution in [3.8, 4) is 5.69 Å². The Kier molecular flexibility index (Phi) is 4.55. The summed E-state index contributed by atoms with van der Waals surface area (Å²) in [5.74, 6) is 0.143. The maximum absolute atomic E-state index is 12.4. The van der Waals surface area contributed by atoms with Crippen LogP contribution in [0.3, 0.4) is 0 Å². The molecule has 3 heterocycles. The van der Waals surface area contributed by atoms with Crippen molar-refractivity contribution in [2.45, 2.75) is 33.6 Å². The number of nitrogens with one attached hydrogen (secondary N) is 1. The van der Waals surface area contributed by atoms with Gasteiger partial charge in [-0.15, -0.1) is 0 Å². The van der Waals surface area contributed by atoms with Crippen LogP contribution >= 0.6 is 11.8 Å². The van der Waals surface area contributed by atoms with Gasteiger partial charge in [0.2, 0.25) is 0 Å². The van der Waals surface area contributed by atoms with Crippen molar-refractivity contribution in [3.63, 3.8) is 0 Å². The third-order valence-electron chi connectivity index (χ3n) is 4.98. The molecule has 0 bridgehead atoms. The molecule has 0 atom stereocenters. The van der Waals surface area contributed by atoms with Gasteiger partial charge < -0.3 is 4.57 Å². The molecule has 4 rings (SSSR count). The minimum Gasteiger partial charge on any atom is -0.318 e. The lowest BCUT2D eigenvalue weighted by atomic mass is 10.0. The fourth-order valence-corrected chi connectivity index (χ4v) is 4.04. The van der Waals surface area contributed by atoms with Gasteiger partial charge in [0.25, 0.3) is 5.91 Å². The van der Waals surface area contributed by atoms with Crippen LogP contribution in [-0.2, 0) is 4.79 Å². The molecule has 6 nitrogen and oxygen atoms in total. The Morgan fingerprint density at radius 2 is 1.89 bits per heavy atom. The summed E-state index contributed by atoms with van der Waals surface area (Å²) >= 11 is 1.24. The maximum Gasteiger partial charge on any atom is 0.283 e. The van der Waals surface area contributed by atoms with Crippen LogP contribution in [0.25, 0.3) is 11.8 Å². The SMILES string of the molecule is Cc1cc(/C=C2\C(=N)N3N=CSC3=NC2=O)c(C)n1-c1ccc(C(C)C)cc1. The molecule has 1 amide bonds. The molecule has 2 aliphatic rings. The van der Waals surface area contributed by atoms with E-state index >= 15 is 0 Å². The van der Waals surface area contributed by atoms with Crippen LogP contribution in [-0.4, -0.2) is 32.0 Å². The van der Waals surface area contributed by atoms with Gasteiger partial charge in [0.1, 0.15) is 0 Å². The molecular weight excluding hydrogens is 370 g/mol. The van der Waals surface area contributed by atoms with Crippen LogP contribution in [0.2, 0.25) is 0 Å². The minimum absolute atomic E-state index is 0.0577. The van der Waals surface area contributed by atoms with Crippen molar-refractivity contribution < 1.29 is 4.79 Å². The first-order chi connectivity index (χ1) is 13.4. The van der Waals surface area contributed by atoms with Gasteiger partial charge in [-0.3, -0.25) is 10.2 Å². The van der Waals surface area contributed by atoms with Crippen molar-refractivity contribution in [1.82, 2.24) is 9.58 Å². The third kappa shape index (κ3) is 3.01. The van der Waals surface area contributed by atoms with Gasteiger partial charge in [0, 0.05) is 17.1 Å². The summed E-state index contributed by atoms with van der Waals surface area (Å²) in [6, 6.07) is 10.6. The number of carbonyl (C=O) groups is 1. The fourth-order valence-electron chi connectivity index (χ4n) is 3.43. The van der Waals surface area contributed by atoms with Crippen LogP contribution in [0.5, 0.6) is 0 Å². The number of aliphatic imine (C=N–C) groups is 1. The Bertz CT molecular complexity index is 1070. The van der Waals surface area contributed by atoms with Gasteiger partial charge in [-0.1, -0.05) is 26.0 Å². The molecular formula is C21H21N5OS. The standard InChI is InChI=1S/C21H21N5OS/c1-12(2)15-5-7-17(8-6-15)25-13(3)9-16(14(25)4)10-18-19(22)26-21(24-20(18)27)28-11-23-26/h5-12,22H,1-4H3/b18-10+,22-19?. The van der Waals surface area contributed by atoms with Crippen LogP contribution in [0.15, 0.2) is 46.0 Å². The van der Waals surface area contributed by atoms with Gasteiger partial charge in [-0.05, 0) is 66.9 Å². The second-order valence-corrected chi connectivity index (χ2v) is 7.98. The highest BCUT2D eigenvalue weighted by molar-refractivity contribution is 8.25. The molecule has 1 aromatic heterocycles. The van der Waals surface area contributed by atoms with Crippen molar-refractivity contribution in [2.24, 2.45) is 10.1 Å². The molecule has 0 aliphatic carbocycles. The number of thioether (sulfide) groups is 1. The Morgan fingerprint density at radius 1 is 1.18 bits per heavy atom. The molecule has 0 fully saturated rings. The van der Waals surface area contributed by atoms with Crippen LogP contribution in [0, 0.1) is 19.3 Å². The lowest BCUT2D eigenvalue weighted by molar-refractivity contribution is -0.114. The molecule has 0 unspecified atom stereocenters. The lowest BCUT2D eigenvalue weighted by Gasteiger charge is -2.20. The zero-order chi connectivity index (χ0) is 20.0. The predicted molar refractivity (Wildman–Crippen MR) is 115 cm³/mol. The van der Waals surface area contributed by atoms with Crippen LogP contribution < -0.4 is 0 Å². The zero-order valence-corrected chi connectivity index (χ0v) is 17.0. The molecule has 1 N–H and O–H groups in total. The van der Waals surface area contributed by atoms with Gasteiger partial charge in [-0.25, -0.2) is 0 Å². The predicted octanol–water partition coefficient (Wildman–Crippen LogP) is 4.47. The zero-order valence-electron chi connectivity index (χ0n) is 16.2. The largest absolute Gasteiger partial charge is 0.318 e. The third-order valence-corrected chi connectivity index (χ3v) is 5.66. The molecule has 0 saturated heterocycles. The first-order valence-electron chi connectivity index (χ1n) is 9.09. The first-order valence-corrected chi connectivity index (χ1v) is 9.97. The van der Waals surface area contributed by atoms with E-state index in [1.54, 1.807) is 11.6 Å². The Hall–Kier alpha value is -2.93. The van der Waals surface area contributed by atoms with Gasteiger partial charge in [0.15, 0.2) is 11.0 Å². The number of hydrogen-bond donors (Lipinski definition) is 1. The van der Waals surface area contributed by atoms with Crippen LogP contribution in [0.4, 0.5) is 0 Å². The average molecular weight is 392 g/mol. The lowest BCUT2D eigenvalue weighted by Crippen LogP contribution is -2.35. The monoisotopic (exact) mass is 391 g/mol. The van der Waals surface area contributed by atoms with Crippen molar-refractivity contribution in [2.75, 3.05) is 0 Å². The summed E-state index contributed by atoms with van der Waals surface area (Å²) in [5.41, 5.74) is 7.18. The summed E-state index contributed by atoms with van der Waals surface area (Å²) < 4.78 is 2.16.